The number of rotatable bonds is 18. The van der Waals surface area contributed by atoms with Crippen LogP contribution in [0.2, 0.25) is 0 Å². The fourth-order valence-electron chi connectivity index (χ4n) is 4.43. The number of hydrogen-bond acceptors (Lipinski definition) is 11. The van der Waals surface area contributed by atoms with E-state index in [1.807, 2.05) is 0 Å². The molecule has 14 heteroatoms. The van der Waals surface area contributed by atoms with Crippen LogP contribution in [0.3, 0.4) is 0 Å². The molecule has 0 bridgehead atoms. The van der Waals surface area contributed by atoms with E-state index in [1.165, 1.54) is 36.5 Å². The zero-order valence-electron chi connectivity index (χ0n) is 22.5. The summed E-state index contributed by atoms with van der Waals surface area (Å²) in [4.78, 5) is 73.4. The van der Waals surface area contributed by atoms with Gasteiger partial charge in [0.2, 0.25) is 0 Å². The molecule has 1 fully saturated rings. The normalized spacial score (nSPS) is 23.0. The molecule has 1 saturated heterocycles. The van der Waals surface area contributed by atoms with Crippen molar-refractivity contribution in [2.75, 3.05) is 59.3 Å². The van der Waals surface area contributed by atoms with E-state index >= 15 is 0 Å². The lowest BCUT2D eigenvalue weighted by atomic mass is 10.3. The minimum Gasteiger partial charge on any atom is -0.379 e. The van der Waals surface area contributed by atoms with E-state index in [-0.39, 0.29) is 94.2 Å². The van der Waals surface area contributed by atoms with Crippen molar-refractivity contribution in [1.29, 1.82) is 0 Å². The maximum atomic E-state index is 11.7. The lowest BCUT2D eigenvalue weighted by Gasteiger charge is -2.24. The highest BCUT2D eigenvalue weighted by atomic mass is 16.7. The average molecular weight is 576 g/mol. The Morgan fingerprint density at radius 2 is 1.10 bits per heavy atom. The minimum atomic E-state index is -0.753. The second-order valence-electron chi connectivity index (χ2n) is 9.56. The van der Waals surface area contributed by atoms with Crippen LogP contribution in [0.15, 0.2) is 36.5 Å². The Kier molecular flexibility index (Phi) is 11.0. The predicted octanol–water partition coefficient (Wildman–Crippen LogP) is -0.908. The van der Waals surface area contributed by atoms with Crippen LogP contribution in [-0.4, -0.2) is 128 Å². The van der Waals surface area contributed by atoms with Crippen molar-refractivity contribution in [3.05, 3.63) is 36.5 Å². The van der Waals surface area contributed by atoms with Crippen LogP contribution in [0.25, 0.3) is 0 Å². The van der Waals surface area contributed by atoms with Gasteiger partial charge in [0.15, 0.2) is 6.29 Å². The number of ether oxygens (including phenoxy) is 5. The summed E-state index contributed by atoms with van der Waals surface area (Å²) in [7, 11) is 0. The van der Waals surface area contributed by atoms with Crippen molar-refractivity contribution in [3.63, 3.8) is 0 Å². The third kappa shape index (κ3) is 8.47. The molecule has 4 rings (SSSR count). The largest absolute Gasteiger partial charge is 0.379 e. The number of carbonyl (C=O) groups excluding carboxylic acids is 6. The molecule has 41 heavy (non-hydrogen) atoms. The summed E-state index contributed by atoms with van der Waals surface area (Å²) in [6.45, 7) is 2.10. The monoisotopic (exact) mass is 575 g/mol. The van der Waals surface area contributed by atoms with Gasteiger partial charge in [0.1, 0.15) is 12.2 Å². The average Bonchev–Trinajstić information content (AvgIpc) is 3.71. The molecular weight excluding hydrogens is 542 g/mol. The molecule has 0 aliphatic carbocycles. The van der Waals surface area contributed by atoms with Gasteiger partial charge in [-0.3, -0.25) is 43.5 Å². The number of imide groups is 3. The van der Waals surface area contributed by atoms with Crippen LogP contribution in [0.5, 0.6) is 0 Å². The van der Waals surface area contributed by atoms with Gasteiger partial charge in [-0.25, -0.2) is 0 Å². The lowest BCUT2D eigenvalue weighted by molar-refractivity contribution is -0.174. The molecule has 4 aliphatic rings. The van der Waals surface area contributed by atoms with Crippen molar-refractivity contribution < 1.29 is 52.5 Å². The van der Waals surface area contributed by atoms with Crippen LogP contribution in [0, 0.1) is 0 Å². The third-order valence-electron chi connectivity index (χ3n) is 6.56. The number of carbonyl (C=O) groups is 6. The molecular formula is C27H33N3O11. The van der Waals surface area contributed by atoms with Crippen molar-refractivity contribution in [1.82, 2.24) is 14.7 Å². The Labute approximate surface area is 236 Å². The molecule has 222 valence electrons. The van der Waals surface area contributed by atoms with Gasteiger partial charge < -0.3 is 23.7 Å². The SMILES string of the molecule is O=C1C=CC(=O)N1CCCOCC1COC(C(COCCCN2C(=O)C=CC2=O)OCCCN2C(=O)C=CC2=O)O1. The van der Waals surface area contributed by atoms with Gasteiger partial charge in [-0.15, -0.1) is 0 Å². The Morgan fingerprint density at radius 3 is 1.59 bits per heavy atom. The Balaban J connectivity index is 1.16. The van der Waals surface area contributed by atoms with Crippen LogP contribution in [0.1, 0.15) is 19.3 Å². The highest BCUT2D eigenvalue weighted by Gasteiger charge is 2.34. The van der Waals surface area contributed by atoms with Gasteiger partial charge in [-0.2, -0.15) is 0 Å². The summed E-state index contributed by atoms with van der Waals surface area (Å²) in [5, 5.41) is 0. The molecule has 0 radical (unpaired) electrons. The van der Waals surface area contributed by atoms with Gasteiger partial charge in [0.25, 0.3) is 35.4 Å². The fourth-order valence-corrected chi connectivity index (χ4v) is 4.43. The molecule has 0 aromatic rings. The van der Waals surface area contributed by atoms with Crippen molar-refractivity contribution in [2.45, 2.75) is 37.8 Å². The minimum absolute atomic E-state index is 0.105. The molecule has 0 saturated carbocycles. The van der Waals surface area contributed by atoms with E-state index in [0.29, 0.717) is 25.9 Å². The molecule has 3 unspecified atom stereocenters. The summed E-state index contributed by atoms with van der Waals surface area (Å²) in [6.07, 6.45) is 6.97. The number of amides is 6. The van der Waals surface area contributed by atoms with E-state index in [1.54, 1.807) is 0 Å². The van der Waals surface area contributed by atoms with Gasteiger partial charge >= 0.3 is 0 Å². The van der Waals surface area contributed by atoms with Crippen LogP contribution in [-0.2, 0) is 52.5 Å². The zero-order valence-corrected chi connectivity index (χ0v) is 22.5. The molecule has 0 aromatic heterocycles. The van der Waals surface area contributed by atoms with Crippen LogP contribution >= 0.6 is 0 Å². The van der Waals surface area contributed by atoms with Crippen molar-refractivity contribution >= 4 is 35.4 Å². The smallest absolute Gasteiger partial charge is 0.253 e. The topological polar surface area (TPSA) is 158 Å². The number of hydrogen-bond donors (Lipinski definition) is 0. The van der Waals surface area contributed by atoms with Gasteiger partial charge in [0.05, 0.1) is 19.8 Å². The molecule has 14 nitrogen and oxygen atoms in total. The maximum absolute atomic E-state index is 11.7. The first kappa shape index (κ1) is 30.4. The summed E-state index contributed by atoms with van der Waals surface area (Å²) in [6, 6.07) is 0. The fraction of sp³-hybridized carbons (Fsp3) is 0.556. The molecule has 6 amide bonds. The molecule has 4 heterocycles. The molecule has 4 aliphatic heterocycles. The van der Waals surface area contributed by atoms with Gasteiger partial charge in [-0.05, 0) is 19.3 Å². The van der Waals surface area contributed by atoms with Crippen LogP contribution in [0.4, 0.5) is 0 Å². The Hall–Kier alpha value is -3.56. The maximum Gasteiger partial charge on any atom is 0.253 e. The highest BCUT2D eigenvalue weighted by Crippen LogP contribution is 2.19. The molecule has 0 spiro atoms. The molecule has 0 N–H and O–H groups in total. The Morgan fingerprint density at radius 1 is 0.659 bits per heavy atom. The predicted molar refractivity (Wildman–Crippen MR) is 137 cm³/mol. The quantitative estimate of drug-likeness (QED) is 0.147. The summed E-state index contributed by atoms with van der Waals surface area (Å²) in [5.41, 5.74) is 0. The number of nitrogens with zero attached hydrogens (tertiary/aromatic N) is 3. The Bertz CT molecular complexity index is 1060. The van der Waals surface area contributed by atoms with Crippen molar-refractivity contribution in [3.8, 4) is 0 Å². The standard InChI is InChI=1S/C27H33N3O11/c31-21-4-5-22(32)28(21)10-1-13-37-16-19-17-40-27(41-19)20(39-15-3-12-30-25(35)8-9-26(30)36)18-38-14-2-11-29-23(33)6-7-24(29)34/h4-9,19-20,27H,1-3,10-18H2. The van der Waals surface area contributed by atoms with E-state index in [0.717, 1.165) is 14.7 Å². The summed E-state index contributed by atoms with van der Waals surface area (Å²) < 4.78 is 29.1. The van der Waals surface area contributed by atoms with E-state index in [9.17, 15) is 28.8 Å². The first-order valence-corrected chi connectivity index (χ1v) is 13.5. The van der Waals surface area contributed by atoms with E-state index in [4.69, 9.17) is 23.7 Å². The summed E-state index contributed by atoms with van der Waals surface area (Å²) >= 11 is 0. The second-order valence-corrected chi connectivity index (χ2v) is 9.56. The first-order chi connectivity index (χ1) is 19.8. The van der Waals surface area contributed by atoms with E-state index in [2.05, 4.69) is 0 Å². The first-order valence-electron chi connectivity index (χ1n) is 13.5. The van der Waals surface area contributed by atoms with Crippen molar-refractivity contribution in [2.24, 2.45) is 0 Å². The molecule has 3 atom stereocenters. The van der Waals surface area contributed by atoms with E-state index < -0.39 is 12.4 Å². The third-order valence-corrected chi connectivity index (χ3v) is 6.56. The highest BCUT2D eigenvalue weighted by molar-refractivity contribution is 6.13. The van der Waals surface area contributed by atoms with Gasteiger partial charge in [-0.1, -0.05) is 0 Å². The van der Waals surface area contributed by atoms with Gasteiger partial charge in [0, 0.05) is 75.9 Å². The van der Waals surface area contributed by atoms with Crippen LogP contribution < -0.4 is 0 Å². The lowest BCUT2D eigenvalue weighted by Crippen LogP contribution is -2.37. The molecule has 0 aromatic carbocycles. The zero-order chi connectivity index (χ0) is 29.2. The second kappa shape index (κ2) is 14.9. The summed E-state index contributed by atoms with van der Waals surface area (Å²) in [5.74, 6) is -2.08.